The lowest BCUT2D eigenvalue weighted by Crippen LogP contribution is -2.53. The molecule has 0 radical (unpaired) electrons. The Labute approximate surface area is 253 Å². The van der Waals surface area contributed by atoms with Crippen LogP contribution in [0, 0.1) is 12.7 Å². The van der Waals surface area contributed by atoms with Gasteiger partial charge in [-0.1, -0.05) is 79.7 Å². The van der Waals surface area contributed by atoms with Crippen LogP contribution in [0.3, 0.4) is 0 Å². The van der Waals surface area contributed by atoms with Gasteiger partial charge in [0.05, 0.1) is 10.6 Å². The van der Waals surface area contributed by atoms with Crippen LogP contribution in [0.2, 0.25) is 0 Å². The van der Waals surface area contributed by atoms with Crippen LogP contribution in [0.5, 0.6) is 0 Å². The lowest BCUT2D eigenvalue weighted by molar-refractivity contribution is -0.140. The van der Waals surface area contributed by atoms with Gasteiger partial charge in [0.25, 0.3) is 10.0 Å². The van der Waals surface area contributed by atoms with E-state index in [1.807, 2.05) is 68.4 Å². The zero-order valence-corrected chi connectivity index (χ0v) is 25.1. The van der Waals surface area contributed by atoms with Crippen molar-refractivity contribution in [3.63, 3.8) is 0 Å². The second-order valence-electron chi connectivity index (χ2n) is 10.2. The largest absolute Gasteiger partial charge is 0.354 e. The first-order chi connectivity index (χ1) is 20.7. The van der Waals surface area contributed by atoms with Gasteiger partial charge in [-0.25, -0.2) is 12.8 Å². The maximum Gasteiger partial charge on any atom is 0.264 e. The van der Waals surface area contributed by atoms with E-state index < -0.39 is 34.3 Å². The van der Waals surface area contributed by atoms with Gasteiger partial charge in [-0.15, -0.1) is 0 Å². The van der Waals surface area contributed by atoms with Crippen molar-refractivity contribution in [1.29, 1.82) is 0 Å². The molecule has 7 nitrogen and oxygen atoms in total. The van der Waals surface area contributed by atoms with E-state index in [0.29, 0.717) is 13.0 Å². The van der Waals surface area contributed by atoms with E-state index in [-0.39, 0.29) is 29.5 Å². The van der Waals surface area contributed by atoms with Gasteiger partial charge >= 0.3 is 0 Å². The number of carbonyl (C=O) groups excluding carboxylic acids is 2. The molecule has 4 rings (SSSR count). The van der Waals surface area contributed by atoms with E-state index in [4.69, 9.17) is 0 Å². The van der Waals surface area contributed by atoms with E-state index in [2.05, 4.69) is 5.32 Å². The standard InChI is InChI=1S/C34H36FN3O4S/c1-3-22-36-34(40)32(23-27-13-6-4-7-14-27)37(24-28-15-11-10-12-26(28)2)33(39)25-38(30-20-18-29(35)19-21-30)43(41,42)31-16-8-5-9-17-31/h4-21,32H,3,22-25H2,1-2H3,(H,36,40). The first-order valence-corrected chi connectivity index (χ1v) is 15.6. The topological polar surface area (TPSA) is 86.8 Å². The third kappa shape index (κ3) is 8.08. The average molecular weight is 602 g/mol. The minimum Gasteiger partial charge on any atom is -0.354 e. The molecule has 0 aliphatic carbocycles. The zero-order chi connectivity index (χ0) is 30.8. The third-order valence-electron chi connectivity index (χ3n) is 7.15. The Balaban J connectivity index is 1.79. The fourth-order valence-corrected chi connectivity index (χ4v) is 6.18. The number of rotatable bonds is 13. The van der Waals surface area contributed by atoms with E-state index in [9.17, 15) is 22.4 Å². The summed E-state index contributed by atoms with van der Waals surface area (Å²) in [6, 6.07) is 28.7. The number of hydrogen-bond donors (Lipinski definition) is 1. The Morgan fingerprint density at radius 3 is 2.07 bits per heavy atom. The molecule has 0 bridgehead atoms. The maximum absolute atomic E-state index is 14.4. The molecule has 0 saturated heterocycles. The number of anilines is 1. The smallest absolute Gasteiger partial charge is 0.264 e. The fourth-order valence-electron chi connectivity index (χ4n) is 4.75. The number of carbonyl (C=O) groups is 2. The summed E-state index contributed by atoms with van der Waals surface area (Å²) < 4.78 is 42.6. The van der Waals surface area contributed by atoms with Crippen LogP contribution in [0.4, 0.5) is 10.1 Å². The second kappa shape index (κ2) is 14.6. The van der Waals surface area contributed by atoms with Crippen molar-refractivity contribution in [3.05, 3.63) is 132 Å². The van der Waals surface area contributed by atoms with Crippen LogP contribution in [0.15, 0.2) is 114 Å². The van der Waals surface area contributed by atoms with Crippen molar-refractivity contribution < 1.29 is 22.4 Å². The lowest BCUT2D eigenvalue weighted by atomic mass is 10.0. The maximum atomic E-state index is 14.4. The summed E-state index contributed by atoms with van der Waals surface area (Å²) in [6.45, 7) is 3.79. The lowest BCUT2D eigenvalue weighted by Gasteiger charge is -2.34. The minimum absolute atomic E-state index is 0.0147. The zero-order valence-electron chi connectivity index (χ0n) is 24.3. The summed E-state index contributed by atoms with van der Waals surface area (Å²) in [6.07, 6.45) is 0.944. The number of amides is 2. The van der Waals surface area contributed by atoms with E-state index >= 15 is 0 Å². The summed E-state index contributed by atoms with van der Waals surface area (Å²) >= 11 is 0. The molecule has 4 aromatic rings. The van der Waals surface area contributed by atoms with E-state index in [1.165, 1.54) is 29.2 Å². The number of nitrogens with zero attached hydrogens (tertiary/aromatic N) is 2. The highest BCUT2D eigenvalue weighted by Crippen LogP contribution is 2.25. The number of sulfonamides is 1. The van der Waals surface area contributed by atoms with Crippen LogP contribution in [-0.2, 0) is 32.6 Å². The Morgan fingerprint density at radius 1 is 0.837 bits per heavy atom. The van der Waals surface area contributed by atoms with E-state index in [1.54, 1.807) is 18.2 Å². The van der Waals surface area contributed by atoms with Crippen molar-refractivity contribution in [2.45, 2.75) is 44.2 Å². The predicted octanol–water partition coefficient (Wildman–Crippen LogP) is 5.50. The van der Waals surface area contributed by atoms with Crippen molar-refractivity contribution in [2.24, 2.45) is 0 Å². The molecular weight excluding hydrogens is 565 g/mol. The monoisotopic (exact) mass is 601 g/mol. The molecule has 0 fully saturated rings. The molecule has 2 amide bonds. The molecule has 0 aliphatic rings. The second-order valence-corrected chi connectivity index (χ2v) is 12.1. The van der Waals surface area contributed by atoms with Crippen LogP contribution in [0.25, 0.3) is 0 Å². The number of halogens is 1. The summed E-state index contributed by atoms with van der Waals surface area (Å²) in [4.78, 5) is 29.5. The fraction of sp³-hybridized carbons (Fsp3) is 0.235. The molecular formula is C34H36FN3O4S. The van der Waals surface area contributed by atoms with Gasteiger partial charge < -0.3 is 10.2 Å². The Hall–Kier alpha value is -4.50. The highest BCUT2D eigenvalue weighted by atomic mass is 32.2. The van der Waals surface area contributed by atoms with Crippen LogP contribution in [0.1, 0.15) is 30.0 Å². The Bertz CT molecular complexity index is 1610. The molecule has 1 N–H and O–H groups in total. The molecule has 0 heterocycles. The highest BCUT2D eigenvalue weighted by Gasteiger charge is 2.34. The molecule has 0 aliphatic heterocycles. The number of nitrogens with one attached hydrogen (secondary N) is 1. The molecule has 0 saturated carbocycles. The van der Waals surface area contributed by atoms with Crippen LogP contribution < -0.4 is 9.62 Å². The van der Waals surface area contributed by atoms with Gasteiger partial charge in [0.1, 0.15) is 18.4 Å². The molecule has 43 heavy (non-hydrogen) atoms. The minimum atomic E-state index is -4.23. The third-order valence-corrected chi connectivity index (χ3v) is 8.94. The Kier molecular flexibility index (Phi) is 10.7. The normalized spacial score (nSPS) is 11.9. The summed E-state index contributed by atoms with van der Waals surface area (Å²) in [5.41, 5.74) is 2.75. The molecule has 1 unspecified atom stereocenters. The average Bonchev–Trinajstić information content (AvgIpc) is 3.02. The first-order valence-electron chi connectivity index (χ1n) is 14.2. The van der Waals surface area contributed by atoms with Gasteiger partial charge in [0, 0.05) is 19.5 Å². The molecule has 0 spiro atoms. The van der Waals surface area contributed by atoms with Crippen LogP contribution >= 0.6 is 0 Å². The van der Waals surface area contributed by atoms with Gasteiger partial charge in [0.2, 0.25) is 11.8 Å². The van der Waals surface area contributed by atoms with Crippen LogP contribution in [-0.4, -0.2) is 44.3 Å². The molecule has 9 heteroatoms. The molecule has 224 valence electrons. The molecule has 4 aromatic carbocycles. The number of aryl methyl sites for hydroxylation is 1. The number of hydrogen-bond acceptors (Lipinski definition) is 4. The van der Waals surface area contributed by atoms with Gasteiger partial charge in [-0.2, -0.15) is 0 Å². The van der Waals surface area contributed by atoms with Gasteiger partial charge in [-0.3, -0.25) is 13.9 Å². The summed E-state index contributed by atoms with van der Waals surface area (Å²) in [5, 5.41) is 2.93. The first kappa shape index (κ1) is 31.4. The SMILES string of the molecule is CCCNC(=O)C(Cc1ccccc1)N(Cc1ccccc1C)C(=O)CN(c1ccc(F)cc1)S(=O)(=O)c1ccccc1. The molecule has 1 atom stereocenters. The predicted molar refractivity (Wildman–Crippen MR) is 166 cm³/mol. The highest BCUT2D eigenvalue weighted by molar-refractivity contribution is 7.92. The van der Waals surface area contributed by atoms with Gasteiger partial charge in [0.15, 0.2) is 0 Å². The number of benzene rings is 4. The van der Waals surface area contributed by atoms with Crippen molar-refractivity contribution >= 4 is 27.5 Å². The molecule has 0 aromatic heterocycles. The Morgan fingerprint density at radius 2 is 1.44 bits per heavy atom. The van der Waals surface area contributed by atoms with Crippen molar-refractivity contribution in [2.75, 3.05) is 17.4 Å². The van der Waals surface area contributed by atoms with Crippen molar-refractivity contribution in [3.8, 4) is 0 Å². The van der Waals surface area contributed by atoms with E-state index in [0.717, 1.165) is 33.1 Å². The summed E-state index contributed by atoms with van der Waals surface area (Å²) in [5.74, 6) is -1.43. The van der Waals surface area contributed by atoms with Crippen molar-refractivity contribution in [1.82, 2.24) is 10.2 Å². The quantitative estimate of drug-likeness (QED) is 0.219. The van der Waals surface area contributed by atoms with Gasteiger partial charge in [-0.05, 0) is 66.4 Å². The summed E-state index contributed by atoms with van der Waals surface area (Å²) in [7, 11) is -4.23.